The number of hydrogen-bond donors (Lipinski definition) is 0. The summed E-state index contributed by atoms with van der Waals surface area (Å²) in [5.41, 5.74) is 6.23. The Morgan fingerprint density at radius 1 is 1.05 bits per heavy atom. The second kappa shape index (κ2) is 7.13. The third-order valence-corrected chi connectivity index (χ3v) is 3.88. The maximum absolute atomic E-state index is 6.10. The molecule has 0 heterocycles. The topological polar surface area (TPSA) is 12.4 Å². The number of benzene rings is 2. The fourth-order valence-electron chi connectivity index (χ4n) is 2.35. The number of nitrogens with zero attached hydrogens (tertiary/aromatic N) is 1. The Kier molecular flexibility index (Phi) is 5.44. The number of aryl methyl sites for hydroxylation is 1. The van der Waals surface area contributed by atoms with Gasteiger partial charge in [-0.25, -0.2) is 0 Å². The SMILES string of the molecule is C=C(C)Cc1cc(Cl)ccc1N=C(C)c1cc(Cl)ccc1C. The van der Waals surface area contributed by atoms with E-state index in [-0.39, 0.29) is 0 Å². The predicted molar refractivity (Wildman–Crippen MR) is 98.0 cm³/mol. The van der Waals surface area contributed by atoms with Crippen molar-refractivity contribution in [3.05, 3.63) is 75.3 Å². The van der Waals surface area contributed by atoms with E-state index in [0.717, 1.165) is 40.1 Å². The fourth-order valence-corrected chi connectivity index (χ4v) is 2.72. The number of aliphatic imine (C=N–C) groups is 1. The van der Waals surface area contributed by atoms with Crippen molar-refractivity contribution in [3.63, 3.8) is 0 Å². The summed E-state index contributed by atoms with van der Waals surface area (Å²) in [5, 5.41) is 1.43. The van der Waals surface area contributed by atoms with E-state index in [9.17, 15) is 0 Å². The molecule has 0 atom stereocenters. The van der Waals surface area contributed by atoms with Gasteiger partial charge in [0.2, 0.25) is 0 Å². The highest BCUT2D eigenvalue weighted by Crippen LogP contribution is 2.27. The van der Waals surface area contributed by atoms with Crippen molar-refractivity contribution >= 4 is 34.6 Å². The average molecular weight is 332 g/mol. The van der Waals surface area contributed by atoms with E-state index in [1.165, 1.54) is 0 Å². The van der Waals surface area contributed by atoms with Crippen molar-refractivity contribution in [2.75, 3.05) is 0 Å². The molecule has 0 unspecified atom stereocenters. The molecule has 0 spiro atoms. The lowest BCUT2D eigenvalue weighted by atomic mass is 10.0. The summed E-state index contributed by atoms with van der Waals surface area (Å²) in [7, 11) is 0. The molecule has 0 aromatic heterocycles. The first kappa shape index (κ1) is 16.8. The van der Waals surface area contributed by atoms with Gasteiger partial charge in [-0.05, 0) is 68.7 Å². The van der Waals surface area contributed by atoms with Crippen LogP contribution in [0.15, 0.2) is 53.5 Å². The van der Waals surface area contributed by atoms with E-state index in [1.54, 1.807) is 0 Å². The highest BCUT2D eigenvalue weighted by atomic mass is 35.5. The molecule has 22 heavy (non-hydrogen) atoms. The van der Waals surface area contributed by atoms with Gasteiger partial charge in [-0.15, -0.1) is 0 Å². The van der Waals surface area contributed by atoms with Gasteiger partial charge in [0.1, 0.15) is 0 Å². The molecule has 3 heteroatoms. The maximum atomic E-state index is 6.10. The van der Waals surface area contributed by atoms with Crippen molar-refractivity contribution in [3.8, 4) is 0 Å². The van der Waals surface area contributed by atoms with Crippen LogP contribution in [0.5, 0.6) is 0 Å². The van der Waals surface area contributed by atoms with Crippen LogP contribution in [-0.4, -0.2) is 5.71 Å². The summed E-state index contributed by atoms with van der Waals surface area (Å²) < 4.78 is 0. The second-order valence-corrected chi connectivity index (χ2v) is 6.44. The minimum atomic E-state index is 0.715. The summed E-state index contributed by atoms with van der Waals surface area (Å²) in [4.78, 5) is 4.78. The first-order valence-corrected chi connectivity index (χ1v) is 7.87. The van der Waals surface area contributed by atoms with E-state index in [1.807, 2.05) is 50.2 Å². The van der Waals surface area contributed by atoms with Crippen LogP contribution in [0, 0.1) is 6.92 Å². The van der Waals surface area contributed by atoms with Crippen LogP contribution in [0.2, 0.25) is 10.0 Å². The van der Waals surface area contributed by atoms with Crippen LogP contribution in [0.1, 0.15) is 30.5 Å². The number of allylic oxidation sites excluding steroid dienone is 1. The Morgan fingerprint density at radius 2 is 1.68 bits per heavy atom. The molecule has 0 radical (unpaired) electrons. The van der Waals surface area contributed by atoms with E-state index in [0.29, 0.717) is 10.0 Å². The van der Waals surface area contributed by atoms with Gasteiger partial charge in [-0.3, -0.25) is 4.99 Å². The minimum absolute atomic E-state index is 0.715. The third kappa shape index (κ3) is 4.22. The van der Waals surface area contributed by atoms with Gasteiger partial charge in [0.05, 0.1) is 5.69 Å². The minimum Gasteiger partial charge on any atom is -0.253 e. The van der Waals surface area contributed by atoms with Gasteiger partial charge < -0.3 is 0 Å². The number of halogens is 2. The summed E-state index contributed by atoms with van der Waals surface area (Å²) >= 11 is 12.2. The van der Waals surface area contributed by atoms with Gasteiger partial charge in [0, 0.05) is 21.3 Å². The Morgan fingerprint density at radius 3 is 2.36 bits per heavy atom. The average Bonchev–Trinajstić information content (AvgIpc) is 2.43. The molecule has 0 aliphatic heterocycles. The monoisotopic (exact) mass is 331 g/mol. The summed E-state index contributed by atoms with van der Waals surface area (Å²) in [5.74, 6) is 0. The first-order valence-electron chi connectivity index (χ1n) is 7.11. The molecule has 0 aliphatic carbocycles. The van der Waals surface area contributed by atoms with Crippen molar-refractivity contribution in [2.24, 2.45) is 4.99 Å². The van der Waals surface area contributed by atoms with Crippen molar-refractivity contribution in [1.82, 2.24) is 0 Å². The van der Waals surface area contributed by atoms with Crippen LogP contribution >= 0.6 is 23.2 Å². The fraction of sp³-hybridized carbons (Fsp3) is 0.211. The molecular formula is C19H19Cl2N. The van der Waals surface area contributed by atoms with Crippen LogP contribution in [0.25, 0.3) is 0 Å². The molecule has 1 nitrogen and oxygen atoms in total. The molecule has 0 saturated carbocycles. The molecule has 0 aliphatic rings. The Balaban J connectivity index is 2.47. The molecule has 0 bridgehead atoms. The third-order valence-electron chi connectivity index (χ3n) is 3.41. The second-order valence-electron chi connectivity index (χ2n) is 5.56. The summed E-state index contributed by atoms with van der Waals surface area (Å²) in [6.45, 7) is 10.0. The standard InChI is InChI=1S/C19H19Cl2N/c1-12(2)9-15-10-16(20)7-8-19(15)22-14(4)18-11-17(21)6-5-13(18)3/h5-8,10-11H,1,9H2,2-4H3. The molecule has 114 valence electrons. The Labute approximate surface area is 142 Å². The molecular weight excluding hydrogens is 313 g/mol. The summed E-state index contributed by atoms with van der Waals surface area (Å²) in [6.07, 6.45) is 0.765. The quantitative estimate of drug-likeness (QED) is 0.444. The van der Waals surface area contributed by atoms with E-state index < -0.39 is 0 Å². The Hall–Kier alpha value is -1.57. The zero-order valence-corrected chi connectivity index (χ0v) is 14.6. The normalized spacial score (nSPS) is 11.6. The van der Waals surface area contributed by atoms with E-state index >= 15 is 0 Å². The molecule has 2 aromatic carbocycles. The van der Waals surface area contributed by atoms with Gasteiger partial charge in [0.15, 0.2) is 0 Å². The molecule has 0 fully saturated rings. The molecule has 0 amide bonds. The van der Waals surface area contributed by atoms with Gasteiger partial charge in [-0.2, -0.15) is 0 Å². The molecule has 2 aromatic rings. The number of rotatable bonds is 4. The van der Waals surface area contributed by atoms with Crippen molar-refractivity contribution in [1.29, 1.82) is 0 Å². The lowest BCUT2D eigenvalue weighted by molar-refractivity contribution is 1.15. The zero-order chi connectivity index (χ0) is 16.3. The van der Waals surface area contributed by atoms with Crippen LogP contribution < -0.4 is 0 Å². The highest BCUT2D eigenvalue weighted by Gasteiger charge is 2.07. The van der Waals surface area contributed by atoms with Crippen LogP contribution in [0.4, 0.5) is 5.69 Å². The van der Waals surface area contributed by atoms with Gasteiger partial charge in [-0.1, -0.05) is 41.4 Å². The number of hydrogen-bond acceptors (Lipinski definition) is 1. The van der Waals surface area contributed by atoms with Crippen molar-refractivity contribution in [2.45, 2.75) is 27.2 Å². The predicted octanol–water partition coefficient (Wildman–Crippen LogP) is 6.56. The van der Waals surface area contributed by atoms with Gasteiger partial charge in [0.25, 0.3) is 0 Å². The lowest BCUT2D eigenvalue weighted by Crippen LogP contribution is -1.98. The van der Waals surface area contributed by atoms with E-state index in [2.05, 4.69) is 13.5 Å². The molecule has 0 saturated heterocycles. The zero-order valence-electron chi connectivity index (χ0n) is 13.1. The van der Waals surface area contributed by atoms with Gasteiger partial charge >= 0.3 is 0 Å². The van der Waals surface area contributed by atoms with Crippen molar-refractivity contribution < 1.29 is 0 Å². The maximum Gasteiger partial charge on any atom is 0.0669 e. The summed E-state index contributed by atoms with van der Waals surface area (Å²) in [6, 6.07) is 11.6. The highest BCUT2D eigenvalue weighted by molar-refractivity contribution is 6.31. The van der Waals surface area contributed by atoms with Crippen LogP contribution in [-0.2, 0) is 6.42 Å². The Bertz CT molecular complexity index is 745. The first-order chi connectivity index (χ1) is 10.4. The lowest BCUT2D eigenvalue weighted by Gasteiger charge is -2.10. The molecule has 0 N–H and O–H groups in total. The molecule has 2 rings (SSSR count). The van der Waals surface area contributed by atoms with E-state index in [4.69, 9.17) is 28.2 Å². The largest absolute Gasteiger partial charge is 0.253 e. The smallest absolute Gasteiger partial charge is 0.0669 e. The van der Waals surface area contributed by atoms with Crippen LogP contribution in [0.3, 0.4) is 0 Å².